The Hall–Kier alpha value is -5.88. The van der Waals surface area contributed by atoms with Gasteiger partial charge in [-0.15, -0.1) is 0 Å². The molecule has 0 fully saturated rings. The lowest BCUT2D eigenvalue weighted by Crippen LogP contribution is -1.98. The molecule has 6 rings (SSSR count). The number of anilines is 2. The van der Waals surface area contributed by atoms with E-state index in [1.807, 2.05) is 72.8 Å². The lowest BCUT2D eigenvalue weighted by Gasteiger charge is -2.06. The molecule has 216 valence electrons. The number of nitrogens with one attached hydrogen (secondary N) is 2. The molecule has 0 unspecified atom stereocenters. The van der Waals surface area contributed by atoms with Crippen LogP contribution in [-0.2, 0) is 12.8 Å². The highest BCUT2D eigenvalue weighted by molar-refractivity contribution is 6.18. The van der Waals surface area contributed by atoms with E-state index >= 15 is 0 Å². The Kier molecular flexibility index (Phi) is 9.65. The summed E-state index contributed by atoms with van der Waals surface area (Å²) >= 11 is 0. The Labute approximate surface area is 258 Å². The minimum absolute atomic E-state index is 0.479. The van der Waals surface area contributed by atoms with Gasteiger partial charge in [-0.1, -0.05) is 48.5 Å². The Bertz CT molecular complexity index is 1630. The maximum Gasteiger partial charge on any atom is 0.0638 e. The summed E-state index contributed by atoms with van der Waals surface area (Å²) in [6.45, 7) is 0. The van der Waals surface area contributed by atoms with E-state index in [-0.39, 0.29) is 0 Å². The quantitative estimate of drug-likeness (QED) is 0.137. The lowest BCUT2D eigenvalue weighted by molar-refractivity contribution is 1.15. The molecule has 6 heteroatoms. The second-order valence-electron chi connectivity index (χ2n) is 10.5. The number of hydrogen-bond donors (Lipinski definition) is 4. The maximum absolute atomic E-state index is 7.45. The van der Waals surface area contributed by atoms with Gasteiger partial charge >= 0.3 is 0 Å². The summed E-state index contributed by atoms with van der Waals surface area (Å²) in [6.07, 6.45) is 16.0. The zero-order chi connectivity index (χ0) is 30.7. The first-order valence-electron chi connectivity index (χ1n) is 14.3. The second-order valence-corrected chi connectivity index (χ2v) is 10.5. The lowest BCUT2D eigenvalue weighted by atomic mass is 10.00. The van der Waals surface area contributed by atoms with Crippen molar-refractivity contribution in [2.75, 3.05) is 11.5 Å². The summed E-state index contributed by atoms with van der Waals surface area (Å²) in [5.74, 6) is 0. The third-order valence-electron chi connectivity index (χ3n) is 6.90. The monoisotopic (exact) mass is 574 g/mol. The topological polar surface area (TPSA) is 124 Å². The molecule has 6 nitrogen and oxygen atoms in total. The van der Waals surface area contributed by atoms with Crippen molar-refractivity contribution in [1.82, 2.24) is 0 Å². The fourth-order valence-electron chi connectivity index (χ4n) is 4.49. The molecule has 44 heavy (non-hydrogen) atoms. The number of aliphatic imine (C=N–C) groups is 2. The molecule has 0 saturated carbocycles. The highest BCUT2D eigenvalue weighted by Gasteiger charge is 2.01. The van der Waals surface area contributed by atoms with Crippen LogP contribution < -0.4 is 11.5 Å². The van der Waals surface area contributed by atoms with Crippen molar-refractivity contribution in [3.05, 3.63) is 168 Å². The fourth-order valence-corrected chi connectivity index (χ4v) is 4.49. The van der Waals surface area contributed by atoms with Gasteiger partial charge in [-0.05, 0) is 132 Å². The van der Waals surface area contributed by atoms with E-state index in [0.29, 0.717) is 11.4 Å². The maximum atomic E-state index is 7.45. The molecule has 0 spiro atoms. The van der Waals surface area contributed by atoms with Gasteiger partial charge in [0.25, 0.3) is 0 Å². The van der Waals surface area contributed by atoms with Crippen LogP contribution in [0, 0.1) is 10.8 Å². The molecule has 0 radical (unpaired) electrons. The van der Waals surface area contributed by atoms with Gasteiger partial charge in [0.15, 0.2) is 0 Å². The van der Waals surface area contributed by atoms with E-state index in [4.69, 9.17) is 22.3 Å². The van der Waals surface area contributed by atoms with Crippen molar-refractivity contribution in [3.63, 3.8) is 0 Å². The van der Waals surface area contributed by atoms with Crippen LogP contribution in [0.1, 0.15) is 22.3 Å². The van der Waals surface area contributed by atoms with Crippen LogP contribution in [0.5, 0.6) is 0 Å². The molecule has 0 saturated heterocycles. The first-order valence-corrected chi connectivity index (χ1v) is 14.3. The van der Waals surface area contributed by atoms with Gasteiger partial charge in [-0.2, -0.15) is 0 Å². The number of allylic oxidation sites excluding steroid dienone is 8. The van der Waals surface area contributed by atoms with E-state index in [1.54, 1.807) is 24.3 Å². The second kappa shape index (κ2) is 14.3. The summed E-state index contributed by atoms with van der Waals surface area (Å²) in [6, 6.07) is 32.5. The zero-order valence-electron chi connectivity index (χ0n) is 24.3. The average molecular weight is 575 g/mol. The molecule has 0 amide bonds. The largest absolute Gasteiger partial charge is 0.399 e. The van der Waals surface area contributed by atoms with Gasteiger partial charge in [0, 0.05) is 11.4 Å². The van der Waals surface area contributed by atoms with Crippen LogP contribution in [0.3, 0.4) is 0 Å². The zero-order valence-corrected chi connectivity index (χ0v) is 24.3. The van der Waals surface area contributed by atoms with Gasteiger partial charge in [0.1, 0.15) is 0 Å². The number of hydrogen-bond acceptors (Lipinski definition) is 6. The highest BCUT2D eigenvalue weighted by Crippen LogP contribution is 2.21. The summed E-state index contributed by atoms with van der Waals surface area (Å²) < 4.78 is 0. The average Bonchev–Trinajstić information content (AvgIpc) is 3.04. The van der Waals surface area contributed by atoms with Crippen molar-refractivity contribution >= 4 is 45.6 Å². The molecule has 2 aliphatic carbocycles. The standard InChI is InChI=1S/C20H20N2.C18H14N4/c21-19-9-5-17(6-10-19)13-15-1-2-16(4-3-15)14-18-7-11-20(22)12-8-18;19-13-1-5-15(6-2-13)21-17-9-11-18(12-10-17)22-16-7-3-14(20)4-8-16/h1-12H,13-14,21-22H2;1-12,19-20H. The van der Waals surface area contributed by atoms with E-state index in [1.165, 1.54) is 22.3 Å². The number of nitrogens with two attached hydrogens (primary N) is 2. The molecule has 4 aromatic rings. The van der Waals surface area contributed by atoms with Crippen molar-refractivity contribution < 1.29 is 0 Å². The van der Waals surface area contributed by atoms with E-state index < -0.39 is 0 Å². The van der Waals surface area contributed by atoms with Crippen molar-refractivity contribution in [2.45, 2.75) is 12.8 Å². The molecule has 0 aromatic heterocycles. The molecule has 0 bridgehead atoms. The summed E-state index contributed by atoms with van der Waals surface area (Å²) in [4.78, 5) is 8.98. The van der Waals surface area contributed by atoms with Gasteiger partial charge in [-0.3, -0.25) is 0 Å². The summed E-state index contributed by atoms with van der Waals surface area (Å²) in [5, 5.41) is 14.9. The van der Waals surface area contributed by atoms with Gasteiger partial charge < -0.3 is 22.3 Å². The normalized spacial score (nSPS) is 13.5. The number of nitrogen functional groups attached to an aromatic ring is 2. The minimum atomic E-state index is 0.479. The predicted octanol–water partition coefficient (Wildman–Crippen LogP) is 8.16. The Morgan fingerprint density at radius 3 is 0.955 bits per heavy atom. The smallest absolute Gasteiger partial charge is 0.0638 e. The van der Waals surface area contributed by atoms with E-state index in [0.717, 1.165) is 47.0 Å². The van der Waals surface area contributed by atoms with Crippen LogP contribution in [0.15, 0.2) is 156 Å². The Balaban J connectivity index is 0.000000175. The Morgan fingerprint density at radius 2 is 0.659 bits per heavy atom. The van der Waals surface area contributed by atoms with Gasteiger partial charge in [0.2, 0.25) is 0 Å². The Morgan fingerprint density at radius 1 is 0.386 bits per heavy atom. The minimum Gasteiger partial charge on any atom is -0.399 e. The summed E-state index contributed by atoms with van der Waals surface area (Å²) in [5.41, 5.74) is 22.5. The molecule has 0 atom stereocenters. The first-order chi connectivity index (χ1) is 21.4. The van der Waals surface area contributed by atoms with Crippen LogP contribution in [-0.4, -0.2) is 22.8 Å². The SMILES string of the molecule is N=C1C=CC(=Nc2ccc(N=C3C=CC(=N)C=C3)cc2)C=C1.Nc1ccc(Cc2ccc(Cc3ccc(N)cc3)cc2)cc1. The fraction of sp³-hybridized carbons (Fsp3) is 0.0526. The van der Waals surface area contributed by atoms with Crippen molar-refractivity contribution in [1.29, 1.82) is 10.8 Å². The van der Waals surface area contributed by atoms with E-state index in [2.05, 4.69) is 58.5 Å². The highest BCUT2D eigenvalue weighted by atomic mass is 14.8. The van der Waals surface area contributed by atoms with Crippen LogP contribution >= 0.6 is 0 Å². The van der Waals surface area contributed by atoms with Crippen LogP contribution in [0.25, 0.3) is 0 Å². The molecule has 2 aliphatic rings. The molecule has 0 heterocycles. The van der Waals surface area contributed by atoms with E-state index in [9.17, 15) is 0 Å². The number of benzene rings is 4. The van der Waals surface area contributed by atoms with Gasteiger partial charge in [0.05, 0.1) is 34.2 Å². The predicted molar refractivity (Wildman–Crippen MR) is 186 cm³/mol. The van der Waals surface area contributed by atoms with Crippen molar-refractivity contribution in [3.8, 4) is 0 Å². The van der Waals surface area contributed by atoms with Gasteiger partial charge in [-0.25, -0.2) is 9.98 Å². The van der Waals surface area contributed by atoms with Crippen LogP contribution in [0.4, 0.5) is 22.7 Å². The molecule has 0 aliphatic heterocycles. The third kappa shape index (κ3) is 9.06. The van der Waals surface area contributed by atoms with Crippen molar-refractivity contribution in [2.24, 2.45) is 9.98 Å². The number of nitrogens with zero attached hydrogens (tertiary/aromatic N) is 2. The molecular weight excluding hydrogens is 540 g/mol. The molecule has 6 N–H and O–H groups in total. The van der Waals surface area contributed by atoms with Crippen LogP contribution in [0.2, 0.25) is 0 Å². The first kappa shape index (κ1) is 29.6. The summed E-state index contributed by atoms with van der Waals surface area (Å²) in [7, 11) is 0. The molecular formula is C38H34N6. The third-order valence-corrected chi connectivity index (χ3v) is 6.90. The molecule has 4 aromatic carbocycles. The number of rotatable bonds is 6.